The summed E-state index contributed by atoms with van der Waals surface area (Å²) in [6, 6.07) is 12.7. The van der Waals surface area contributed by atoms with E-state index in [-0.39, 0.29) is 18.0 Å². The predicted molar refractivity (Wildman–Crippen MR) is 129 cm³/mol. The van der Waals surface area contributed by atoms with Gasteiger partial charge in [0.1, 0.15) is 11.8 Å². The van der Waals surface area contributed by atoms with Gasteiger partial charge in [0.2, 0.25) is 0 Å². The van der Waals surface area contributed by atoms with Crippen molar-refractivity contribution in [1.29, 1.82) is 0 Å². The minimum Gasteiger partial charge on any atom is -0.450 e. The van der Waals surface area contributed by atoms with Gasteiger partial charge in [0.05, 0.1) is 0 Å². The molecular formula is C27H28N4O3. The smallest absolute Gasteiger partial charge is 0.287 e. The van der Waals surface area contributed by atoms with Crippen LogP contribution in [0, 0.1) is 4.91 Å². The minimum atomic E-state index is -0.265. The number of nitrogens with zero attached hydrogens (tertiary/aromatic N) is 3. The number of benzene rings is 1. The predicted octanol–water partition coefficient (Wildman–Crippen LogP) is 5.12. The number of carbonyl (C=O) groups excluding carboxylic acids is 1. The number of hydrogen-bond donors (Lipinski definition) is 1. The standard InChI is InChI=1S/C27H28N4O3/c1-31-20-4-5-21(31)14-19(13-20)29-27(32)25-15-23(26(34-25)16-8-10-28-11-9-16)18-2-6-22-17(12-18)3-7-24(22)30-33/h2,6,8-12,15,19-21,24H,3-5,7,13-14H2,1H3,(H,29,32)/t19?,20-,21+,24?. The van der Waals surface area contributed by atoms with Gasteiger partial charge in [0.15, 0.2) is 5.76 Å². The van der Waals surface area contributed by atoms with Crippen molar-refractivity contribution in [3.05, 3.63) is 70.6 Å². The summed E-state index contributed by atoms with van der Waals surface area (Å²) >= 11 is 0. The maximum absolute atomic E-state index is 13.2. The second-order valence-electron chi connectivity index (χ2n) is 9.86. The van der Waals surface area contributed by atoms with Gasteiger partial charge in [-0.05, 0) is 80.5 Å². The van der Waals surface area contributed by atoms with Crippen LogP contribution < -0.4 is 5.32 Å². The lowest BCUT2D eigenvalue weighted by atomic mass is 9.97. The molecule has 0 spiro atoms. The van der Waals surface area contributed by atoms with E-state index in [9.17, 15) is 9.70 Å². The Morgan fingerprint density at radius 2 is 1.82 bits per heavy atom. The Kier molecular flexibility index (Phi) is 5.29. The molecule has 4 atom stereocenters. The Labute approximate surface area is 198 Å². The molecule has 2 aliphatic heterocycles. The SMILES string of the molecule is CN1[C@@H]2CC[C@H]1CC(NC(=O)c1cc(-c3ccc4c(c3)CCC4N=O)c(-c3ccncc3)o1)C2. The van der Waals surface area contributed by atoms with Crippen LogP contribution >= 0.6 is 0 Å². The van der Waals surface area contributed by atoms with Crippen LogP contribution in [0.4, 0.5) is 0 Å². The van der Waals surface area contributed by atoms with Crippen molar-refractivity contribution in [2.45, 2.75) is 62.7 Å². The molecule has 4 heterocycles. The lowest BCUT2D eigenvalue weighted by molar-refractivity contribution is 0.0856. The van der Waals surface area contributed by atoms with E-state index in [4.69, 9.17) is 4.42 Å². The molecule has 1 aromatic carbocycles. The lowest BCUT2D eigenvalue weighted by Gasteiger charge is -2.36. The highest BCUT2D eigenvalue weighted by molar-refractivity contribution is 5.95. The molecule has 3 aliphatic rings. The molecule has 7 nitrogen and oxygen atoms in total. The maximum atomic E-state index is 13.2. The van der Waals surface area contributed by atoms with Crippen molar-refractivity contribution in [2.24, 2.45) is 5.18 Å². The Morgan fingerprint density at radius 3 is 2.56 bits per heavy atom. The molecule has 1 amide bonds. The zero-order chi connectivity index (χ0) is 23.2. The fraction of sp³-hybridized carbons (Fsp3) is 0.407. The van der Waals surface area contributed by atoms with Gasteiger partial charge in [0, 0.05) is 41.6 Å². The number of furan rings is 1. The number of nitrogens with one attached hydrogen (secondary N) is 1. The molecule has 2 saturated heterocycles. The van der Waals surface area contributed by atoms with E-state index in [0.717, 1.165) is 53.5 Å². The van der Waals surface area contributed by atoms with Crippen LogP contribution in [0.1, 0.15) is 59.8 Å². The van der Waals surface area contributed by atoms with Crippen molar-refractivity contribution in [3.63, 3.8) is 0 Å². The van der Waals surface area contributed by atoms with Crippen LogP contribution in [0.25, 0.3) is 22.5 Å². The summed E-state index contributed by atoms with van der Waals surface area (Å²) in [5.74, 6) is 0.807. The number of rotatable bonds is 5. The van der Waals surface area contributed by atoms with E-state index >= 15 is 0 Å². The molecule has 2 bridgehead atoms. The average Bonchev–Trinajstić information content (AvgIpc) is 3.53. The second kappa shape index (κ2) is 8.47. The molecule has 0 radical (unpaired) electrons. The van der Waals surface area contributed by atoms with Gasteiger partial charge < -0.3 is 14.6 Å². The van der Waals surface area contributed by atoms with Crippen molar-refractivity contribution in [1.82, 2.24) is 15.2 Å². The number of piperidine rings is 1. The van der Waals surface area contributed by atoms with Crippen LogP contribution in [0.3, 0.4) is 0 Å². The summed E-state index contributed by atoms with van der Waals surface area (Å²) in [6.45, 7) is 0. The van der Waals surface area contributed by atoms with Gasteiger partial charge in [0.25, 0.3) is 5.91 Å². The first-order valence-electron chi connectivity index (χ1n) is 12.1. The van der Waals surface area contributed by atoms with Crippen molar-refractivity contribution in [3.8, 4) is 22.5 Å². The van der Waals surface area contributed by atoms with Crippen LogP contribution in [-0.4, -0.2) is 41.0 Å². The van der Waals surface area contributed by atoms with Crippen LogP contribution in [0.5, 0.6) is 0 Å². The number of aromatic nitrogens is 1. The number of pyridine rings is 1. The average molecular weight is 457 g/mol. The van der Waals surface area contributed by atoms with Gasteiger partial charge in [-0.1, -0.05) is 23.4 Å². The fourth-order valence-electron chi connectivity index (χ4n) is 6.09. The molecule has 1 N–H and O–H groups in total. The van der Waals surface area contributed by atoms with Gasteiger partial charge in [-0.2, -0.15) is 4.91 Å². The Bertz CT molecular complexity index is 1220. The summed E-state index contributed by atoms with van der Waals surface area (Å²) in [6.07, 6.45) is 9.41. The molecule has 174 valence electrons. The number of fused-ring (bicyclic) bond motifs is 3. The molecule has 0 saturated carbocycles. The normalized spacial score (nSPS) is 25.8. The Balaban J connectivity index is 1.32. The largest absolute Gasteiger partial charge is 0.450 e. The minimum absolute atomic E-state index is 0.165. The summed E-state index contributed by atoms with van der Waals surface area (Å²) < 4.78 is 6.19. The van der Waals surface area contributed by atoms with Crippen molar-refractivity contribution in [2.75, 3.05) is 7.05 Å². The molecule has 2 fully saturated rings. The third kappa shape index (κ3) is 3.64. The number of hydrogen-bond acceptors (Lipinski definition) is 6. The van der Waals surface area contributed by atoms with E-state index in [1.165, 1.54) is 12.8 Å². The molecule has 2 unspecified atom stereocenters. The monoisotopic (exact) mass is 456 g/mol. The summed E-state index contributed by atoms with van der Waals surface area (Å²) in [5, 5.41) is 6.50. The van der Waals surface area contributed by atoms with Gasteiger partial charge in [-0.3, -0.25) is 9.78 Å². The number of amides is 1. The first-order valence-corrected chi connectivity index (χ1v) is 12.1. The zero-order valence-corrected chi connectivity index (χ0v) is 19.2. The van der Waals surface area contributed by atoms with Gasteiger partial charge in [-0.25, -0.2) is 0 Å². The van der Waals surface area contributed by atoms with Gasteiger partial charge >= 0.3 is 0 Å². The van der Waals surface area contributed by atoms with E-state index in [1.54, 1.807) is 12.4 Å². The summed E-state index contributed by atoms with van der Waals surface area (Å²) in [4.78, 5) is 31.0. The highest BCUT2D eigenvalue weighted by Gasteiger charge is 2.39. The summed E-state index contributed by atoms with van der Waals surface area (Å²) in [5.41, 5.74) is 4.84. The zero-order valence-electron chi connectivity index (χ0n) is 19.2. The first-order chi connectivity index (χ1) is 16.6. The van der Waals surface area contributed by atoms with E-state index in [0.29, 0.717) is 23.6 Å². The molecule has 1 aliphatic carbocycles. The number of aryl methyl sites for hydroxylation is 1. The molecular weight excluding hydrogens is 428 g/mol. The van der Waals surface area contributed by atoms with Crippen LogP contribution in [0.2, 0.25) is 0 Å². The highest BCUT2D eigenvalue weighted by atomic mass is 16.4. The van der Waals surface area contributed by atoms with E-state index in [1.807, 2.05) is 30.3 Å². The Morgan fingerprint density at radius 1 is 1.06 bits per heavy atom. The molecule has 7 heteroatoms. The molecule has 34 heavy (non-hydrogen) atoms. The third-order valence-corrected chi connectivity index (χ3v) is 7.96. The fourth-order valence-corrected chi connectivity index (χ4v) is 6.09. The van der Waals surface area contributed by atoms with Crippen LogP contribution in [0.15, 0.2) is 58.4 Å². The number of nitroso groups, excluding NO2 is 1. The lowest BCUT2D eigenvalue weighted by Crippen LogP contribution is -2.48. The first kappa shape index (κ1) is 21.2. The second-order valence-corrected chi connectivity index (χ2v) is 9.86. The van der Waals surface area contributed by atoms with E-state index < -0.39 is 0 Å². The van der Waals surface area contributed by atoms with Gasteiger partial charge in [-0.15, -0.1) is 0 Å². The van der Waals surface area contributed by atoms with Crippen LogP contribution in [-0.2, 0) is 6.42 Å². The van der Waals surface area contributed by atoms with E-state index in [2.05, 4.69) is 33.5 Å². The number of carbonyl (C=O) groups is 1. The third-order valence-electron chi connectivity index (χ3n) is 7.96. The summed E-state index contributed by atoms with van der Waals surface area (Å²) in [7, 11) is 2.20. The maximum Gasteiger partial charge on any atom is 0.287 e. The Hall–Kier alpha value is -3.32. The quantitative estimate of drug-likeness (QED) is 0.539. The highest BCUT2D eigenvalue weighted by Crippen LogP contribution is 2.40. The molecule has 6 rings (SSSR count). The topological polar surface area (TPSA) is 87.8 Å². The van der Waals surface area contributed by atoms with Crippen molar-refractivity contribution < 1.29 is 9.21 Å². The molecule has 3 aromatic rings. The van der Waals surface area contributed by atoms with Crippen molar-refractivity contribution >= 4 is 5.91 Å². The molecule has 2 aromatic heterocycles.